The van der Waals surface area contributed by atoms with Gasteiger partial charge >= 0.3 is 0 Å². The van der Waals surface area contributed by atoms with Crippen LogP contribution in [0.25, 0.3) is 0 Å². The van der Waals surface area contributed by atoms with Gasteiger partial charge in [-0.05, 0) is 73.8 Å². The second-order valence-corrected chi connectivity index (χ2v) is 9.38. The minimum atomic E-state index is -4.07. The van der Waals surface area contributed by atoms with Crippen molar-refractivity contribution in [3.05, 3.63) is 78.6 Å². The number of hydrogen-bond donors (Lipinski definition) is 1. The second kappa shape index (κ2) is 10.5. The highest BCUT2D eigenvalue weighted by molar-refractivity contribution is 7.98. The number of nitrogens with one attached hydrogen (secondary N) is 1. The Morgan fingerprint density at radius 2 is 1.69 bits per heavy atom. The van der Waals surface area contributed by atoms with Crippen molar-refractivity contribution in [2.24, 2.45) is 0 Å². The van der Waals surface area contributed by atoms with Gasteiger partial charge in [0.25, 0.3) is 10.0 Å². The molecule has 0 saturated heterocycles. The molecular weight excluding hydrogens is 451 g/mol. The summed E-state index contributed by atoms with van der Waals surface area (Å²) < 4.78 is 47.2. The van der Waals surface area contributed by atoms with Crippen LogP contribution in [-0.4, -0.2) is 33.7 Å². The maximum Gasteiger partial charge on any atom is 0.264 e. The van der Waals surface area contributed by atoms with Crippen molar-refractivity contribution < 1.29 is 22.3 Å². The average Bonchev–Trinajstić information content (AvgIpc) is 2.80. The number of benzene rings is 3. The normalized spacial score (nSPS) is 11.1. The molecule has 9 heteroatoms. The van der Waals surface area contributed by atoms with Crippen molar-refractivity contribution in [1.82, 2.24) is 0 Å². The summed E-state index contributed by atoms with van der Waals surface area (Å²) in [6.07, 6.45) is 1.89. The maximum atomic E-state index is 13.9. The number of para-hydroxylation sites is 1. The van der Waals surface area contributed by atoms with Crippen LogP contribution in [0.1, 0.15) is 6.92 Å². The Morgan fingerprint density at radius 3 is 2.28 bits per heavy atom. The van der Waals surface area contributed by atoms with Crippen LogP contribution >= 0.6 is 11.8 Å². The molecule has 3 rings (SSSR count). The van der Waals surface area contributed by atoms with Gasteiger partial charge in [0.05, 0.1) is 22.9 Å². The molecule has 6 nitrogen and oxygen atoms in total. The van der Waals surface area contributed by atoms with Crippen molar-refractivity contribution in [2.45, 2.75) is 16.7 Å². The lowest BCUT2D eigenvalue weighted by Gasteiger charge is -2.24. The lowest BCUT2D eigenvalue weighted by atomic mass is 10.3. The van der Waals surface area contributed by atoms with Crippen molar-refractivity contribution >= 4 is 39.1 Å². The van der Waals surface area contributed by atoms with Crippen molar-refractivity contribution in [2.75, 3.05) is 29.0 Å². The van der Waals surface area contributed by atoms with Gasteiger partial charge in [-0.1, -0.05) is 12.1 Å². The molecule has 1 amide bonds. The smallest absolute Gasteiger partial charge is 0.264 e. The van der Waals surface area contributed by atoms with E-state index < -0.39 is 28.3 Å². The highest BCUT2D eigenvalue weighted by Gasteiger charge is 2.27. The third kappa shape index (κ3) is 5.60. The Hall–Kier alpha value is -3.04. The van der Waals surface area contributed by atoms with Gasteiger partial charge in [-0.15, -0.1) is 11.8 Å². The van der Waals surface area contributed by atoms with Gasteiger partial charge in [-0.2, -0.15) is 0 Å². The number of rotatable bonds is 9. The lowest BCUT2D eigenvalue weighted by molar-refractivity contribution is -0.114. The molecular formula is C23H23FN2O4S2. The van der Waals surface area contributed by atoms with Gasteiger partial charge in [0.1, 0.15) is 18.1 Å². The van der Waals surface area contributed by atoms with Crippen LogP contribution in [0.4, 0.5) is 15.8 Å². The molecule has 0 fully saturated rings. The molecule has 32 heavy (non-hydrogen) atoms. The number of carbonyl (C=O) groups excluding carboxylic acids is 1. The fraction of sp³-hybridized carbons (Fsp3) is 0.174. The summed E-state index contributed by atoms with van der Waals surface area (Å²) in [6.45, 7) is 1.78. The summed E-state index contributed by atoms with van der Waals surface area (Å²) in [4.78, 5) is 13.6. The van der Waals surface area contributed by atoms with Gasteiger partial charge in [-0.3, -0.25) is 9.10 Å². The van der Waals surface area contributed by atoms with E-state index in [1.54, 1.807) is 42.5 Å². The fourth-order valence-electron chi connectivity index (χ4n) is 2.95. The van der Waals surface area contributed by atoms with Crippen LogP contribution in [0.5, 0.6) is 5.75 Å². The van der Waals surface area contributed by atoms with E-state index in [2.05, 4.69) is 5.32 Å². The van der Waals surface area contributed by atoms with E-state index in [1.165, 1.54) is 42.1 Å². The fourth-order valence-corrected chi connectivity index (χ4v) is 4.78. The number of carbonyl (C=O) groups is 1. The minimum absolute atomic E-state index is 0.0223. The van der Waals surface area contributed by atoms with E-state index in [0.717, 1.165) is 9.20 Å². The van der Waals surface area contributed by atoms with Gasteiger partial charge in [-0.25, -0.2) is 12.8 Å². The molecule has 1 N–H and O–H groups in total. The standard InChI is InChI=1S/C23H23FN2O4S2/c1-3-30-18-10-8-17(9-11-18)26(16-23(27)25-22-7-5-4-6-21(22)24)32(28,29)20-14-12-19(31-2)13-15-20/h4-15H,3,16H2,1-2H3,(H,25,27). The van der Waals surface area contributed by atoms with E-state index in [0.29, 0.717) is 12.4 Å². The Balaban J connectivity index is 1.94. The zero-order valence-electron chi connectivity index (χ0n) is 17.6. The Morgan fingerprint density at radius 1 is 1.03 bits per heavy atom. The first kappa shape index (κ1) is 23.6. The summed E-state index contributed by atoms with van der Waals surface area (Å²) in [7, 11) is -4.07. The predicted octanol–water partition coefficient (Wildman–Crippen LogP) is 4.78. The summed E-state index contributed by atoms with van der Waals surface area (Å²) in [6, 6.07) is 18.5. The number of amides is 1. The van der Waals surface area contributed by atoms with Crippen molar-refractivity contribution in [3.63, 3.8) is 0 Å². The van der Waals surface area contributed by atoms with E-state index >= 15 is 0 Å². The van der Waals surface area contributed by atoms with Crippen molar-refractivity contribution in [1.29, 1.82) is 0 Å². The third-order valence-corrected chi connectivity index (χ3v) is 7.05. The molecule has 0 aromatic heterocycles. The first-order valence-electron chi connectivity index (χ1n) is 9.79. The van der Waals surface area contributed by atoms with Crippen LogP contribution < -0.4 is 14.4 Å². The molecule has 0 aliphatic heterocycles. The molecule has 3 aromatic carbocycles. The van der Waals surface area contributed by atoms with Gasteiger partial charge < -0.3 is 10.1 Å². The van der Waals surface area contributed by atoms with E-state index in [1.807, 2.05) is 13.2 Å². The van der Waals surface area contributed by atoms with Crippen LogP contribution in [0.3, 0.4) is 0 Å². The molecule has 0 spiro atoms. The molecule has 3 aromatic rings. The lowest BCUT2D eigenvalue weighted by Crippen LogP contribution is -2.38. The Bertz CT molecular complexity index is 1170. The first-order valence-corrected chi connectivity index (χ1v) is 12.5. The summed E-state index contributed by atoms with van der Waals surface area (Å²) in [5.74, 6) is -0.703. The third-order valence-electron chi connectivity index (χ3n) is 4.52. The van der Waals surface area contributed by atoms with Crippen LogP contribution in [0.2, 0.25) is 0 Å². The van der Waals surface area contributed by atoms with E-state index in [4.69, 9.17) is 4.74 Å². The molecule has 0 heterocycles. The first-order chi connectivity index (χ1) is 15.3. The predicted molar refractivity (Wildman–Crippen MR) is 125 cm³/mol. The summed E-state index contributed by atoms with van der Waals surface area (Å²) in [5.41, 5.74) is 0.261. The quantitative estimate of drug-likeness (QED) is 0.452. The minimum Gasteiger partial charge on any atom is -0.494 e. The highest BCUT2D eigenvalue weighted by Crippen LogP contribution is 2.27. The number of nitrogens with zero attached hydrogens (tertiary/aromatic N) is 1. The van der Waals surface area contributed by atoms with E-state index in [-0.39, 0.29) is 16.3 Å². The topological polar surface area (TPSA) is 75.7 Å². The Kier molecular flexibility index (Phi) is 7.76. The molecule has 0 radical (unpaired) electrons. The van der Waals surface area contributed by atoms with Gasteiger partial charge in [0, 0.05) is 4.90 Å². The van der Waals surface area contributed by atoms with Crippen LogP contribution in [-0.2, 0) is 14.8 Å². The maximum absolute atomic E-state index is 13.9. The van der Waals surface area contributed by atoms with Crippen LogP contribution in [0.15, 0.2) is 82.6 Å². The molecule has 0 unspecified atom stereocenters. The number of anilines is 2. The zero-order valence-corrected chi connectivity index (χ0v) is 19.3. The largest absolute Gasteiger partial charge is 0.494 e. The molecule has 0 saturated carbocycles. The summed E-state index contributed by atoms with van der Waals surface area (Å²) in [5, 5.41) is 2.44. The van der Waals surface area contributed by atoms with Gasteiger partial charge in [0.15, 0.2) is 0 Å². The van der Waals surface area contributed by atoms with Crippen molar-refractivity contribution in [3.8, 4) is 5.75 Å². The van der Waals surface area contributed by atoms with Crippen LogP contribution in [0, 0.1) is 5.82 Å². The molecule has 0 aliphatic rings. The molecule has 0 atom stereocenters. The Labute approximate surface area is 191 Å². The highest BCUT2D eigenvalue weighted by atomic mass is 32.2. The van der Waals surface area contributed by atoms with E-state index in [9.17, 15) is 17.6 Å². The number of sulfonamides is 1. The number of ether oxygens (including phenoxy) is 1. The molecule has 168 valence electrons. The monoisotopic (exact) mass is 474 g/mol. The number of thioether (sulfide) groups is 1. The van der Waals surface area contributed by atoms with Gasteiger partial charge in [0.2, 0.25) is 5.91 Å². The second-order valence-electron chi connectivity index (χ2n) is 6.64. The summed E-state index contributed by atoms with van der Waals surface area (Å²) >= 11 is 1.49. The average molecular weight is 475 g/mol. The SMILES string of the molecule is CCOc1ccc(N(CC(=O)Nc2ccccc2F)S(=O)(=O)c2ccc(SC)cc2)cc1. The number of hydrogen-bond acceptors (Lipinski definition) is 5. The number of halogens is 1. The molecule has 0 aliphatic carbocycles. The zero-order chi connectivity index (χ0) is 23.1. The molecule has 0 bridgehead atoms.